The Morgan fingerprint density at radius 1 is 0.671 bits per heavy atom. The molecule has 0 radical (unpaired) electrons. The number of benzene rings is 8. The number of hydrogen-bond donors (Lipinski definition) is 0. The second kappa shape index (κ2) is 20.1. The fraction of sp³-hybridized carbons (Fsp3) is 0.160. The molecule has 6 heterocycles. The van der Waals surface area contributed by atoms with E-state index in [4.69, 9.17) is 18.0 Å². The van der Waals surface area contributed by atoms with Crippen molar-refractivity contribution >= 4 is 106 Å². The van der Waals surface area contributed by atoms with Crippen LogP contribution in [-0.4, -0.2) is 11.8 Å². The molecule has 3 aliphatic heterocycles. The van der Waals surface area contributed by atoms with Gasteiger partial charge in [0.1, 0.15) is 28.1 Å². The van der Waals surface area contributed by atoms with Crippen LogP contribution in [0, 0.1) is 0 Å². The predicted molar refractivity (Wildman–Crippen MR) is 346 cm³/mol. The summed E-state index contributed by atoms with van der Waals surface area (Å²) in [6.07, 6.45) is 23.5. The summed E-state index contributed by atoms with van der Waals surface area (Å²) in [4.78, 5) is 9.91. The summed E-state index contributed by atoms with van der Waals surface area (Å²) in [7, 11) is 0. The van der Waals surface area contributed by atoms with E-state index < -0.39 is 0 Å². The molecule has 0 amide bonds. The molecule has 0 fully saturated rings. The van der Waals surface area contributed by atoms with E-state index in [2.05, 4.69) is 219 Å². The van der Waals surface area contributed by atoms with Crippen LogP contribution in [0.1, 0.15) is 96.5 Å². The molecule has 2 aliphatic carbocycles. The lowest BCUT2D eigenvalue weighted by atomic mass is 9.80. The SMILES string of the molecule is CCC1=C(\c2cccc3oc4ccc(-c5ccc6c(c5)C5C=CC=CC5N6c5ccc(-c6cccc7c6oc6ccccc67)cc5)cc4c23)CCCC(c2ccc3c(c2)OS/C=C\C=C/C3)/N=C\1C1=CCC(C)c2c1sc1ccccc21. The van der Waals surface area contributed by atoms with Gasteiger partial charge in [0, 0.05) is 65.0 Å². The number of rotatable bonds is 7. The summed E-state index contributed by atoms with van der Waals surface area (Å²) < 4.78 is 21.0. The summed E-state index contributed by atoms with van der Waals surface area (Å²) in [5, 5.41) is 7.98. The van der Waals surface area contributed by atoms with Gasteiger partial charge in [-0.25, -0.2) is 0 Å². The van der Waals surface area contributed by atoms with E-state index >= 15 is 0 Å². The molecule has 398 valence electrons. The summed E-state index contributed by atoms with van der Waals surface area (Å²) in [5.41, 5.74) is 22.2. The van der Waals surface area contributed by atoms with Gasteiger partial charge >= 0.3 is 0 Å². The van der Waals surface area contributed by atoms with Crippen molar-refractivity contribution in [3.8, 4) is 28.0 Å². The lowest BCUT2D eigenvalue weighted by Gasteiger charge is -2.28. The Balaban J connectivity index is 0.794. The van der Waals surface area contributed by atoms with Crippen LogP contribution in [0.5, 0.6) is 5.75 Å². The van der Waals surface area contributed by atoms with Crippen molar-refractivity contribution in [2.45, 2.75) is 76.3 Å². The van der Waals surface area contributed by atoms with E-state index in [1.165, 1.54) is 99.4 Å². The average Bonchev–Trinajstić information content (AvgIpc) is 3.88. The number of furan rings is 2. The molecule has 4 atom stereocenters. The Bertz CT molecular complexity index is 4650. The molecule has 5 nitrogen and oxygen atoms in total. The topological polar surface area (TPSA) is 51.1 Å². The van der Waals surface area contributed by atoms with Crippen LogP contribution in [0.2, 0.25) is 0 Å². The van der Waals surface area contributed by atoms with Crippen molar-refractivity contribution in [1.29, 1.82) is 0 Å². The van der Waals surface area contributed by atoms with Gasteiger partial charge in [-0.05, 0) is 166 Å². The third-order valence-corrected chi connectivity index (χ3v) is 19.7. The Morgan fingerprint density at radius 2 is 1.46 bits per heavy atom. The molecule has 0 saturated carbocycles. The van der Waals surface area contributed by atoms with Crippen LogP contribution in [-0.2, 0) is 6.42 Å². The van der Waals surface area contributed by atoms with Gasteiger partial charge in [-0.2, -0.15) is 0 Å². The van der Waals surface area contributed by atoms with Crippen LogP contribution in [0.3, 0.4) is 0 Å². The average molecular weight is 1100 g/mol. The van der Waals surface area contributed by atoms with Gasteiger partial charge in [-0.15, -0.1) is 11.3 Å². The maximum Gasteiger partial charge on any atom is 0.143 e. The molecular weight excluding hydrogens is 1040 g/mol. The molecule has 3 aromatic heterocycles. The number of thiophene rings is 1. The smallest absolute Gasteiger partial charge is 0.143 e. The van der Waals surface area contributed by atoms with Crippen molar-refractivity contribution < 1.29 is 13.0 Å². The van der Waals surface area contributed by atoms with Crippen LogP contribution in [0.4, 0.5) is 11.4 Å². The fourth-order valence-corrected chi connectivity index (χ4v) is 15.8. The Labute approximate surface area is 485 Å². The zero-order valence-corrected chi connectivity index (χ0v) is 47.4. The van der Waals surface area contributed by atoms with Gasteiger partial charge in [-0.3, -0.25) is 4.99 Å². The summed E-state index contributed by atoms with van der Waals surface area (Å²) >= 11 is 3.31. The van der Waals surface area contributed by atoms with Crippen LogP contribution >= 0.6 is 23.4 Å². The van der Waals surface area contributed by atoms with E-state index in [1.54, 1.807) is 0 Å². The van der Waals surface area contributed by atoms with Crippen molar-refractivity contribution in [2.75, 3.05) is 4.90 Å². The quantitative estimate of drug-likeness (QED) is 0.149. The highest BCUT2D eigenvalue weighted by molar-refractivity contribution is 7.97. The summed E-state index contributed by atoms with van der Waals surface area (Å²) in [6.45, 7) is 4.73. The zero-order valence-electron chi connectivity index (χ0n) is 45.8. The number of hydrogen-bond acceptors (Lipinski definition) is 7. The first-order valence-electron chi connectivity index (χ1n) is 29.1. The fourth-order valence-electron chi connectivity index (χ4n) is 14.0. The molecule has 0 spiro atoms. The predicted octanol–water partition coefficient (Wildman–Crippen LogP) is 21.5. The highest BCUT2D eigenvalue weighted by atomic mass is 32.2. The first-order chi connectivity index (χ1) is 40.5. The number of allylic oxidation sites excluding steroid dienone is 9. The largest absolute Gasteiger partial charge is 0.456 e. The number of nitrogens with zero attached hydrogens (tertiary/aromatic N) is 2. The third kappa shape index (κ3) is 8.14. The first-order valence-corrected chi connectivity index (χ1v) is 30.7. The van der Waals surface area contributed by atoms with Crippen molar-refractivity contribution in [3.05, 3.63) is 256 Å². The van der Waals surface area contributed by atoms with Crippen LogP contribution in [0.15, 0.2) is 237 Å². The Hall–Kier alpha value is -8.62. The molecule has 5 aliphatic rings. The van der Waals surface area contributed by atoms with E-state index in [-0.39, 0.29) is 18.0 Å². The molecule has 0 saturated heterocycles. The first kappa shape index (κ1) is 49.2. The molecular formula is C75H58N2O3S2. The number of anilines is 2. The van der Waals surface area contributed by atoms with Crippen molar-refractivity contribution in [2.24, 2.45) is 4.99 Å². The van der Waals surface area contributed by atoms with Gasteiger partial charge in [-0.1, -0.05) is 166 Å². The Morgan fingerprint density at radius 3 is 2.39 bits per heavy atom. The van der Waals surface area contributed by atoms with Crippen LogP contribution < -0.4 is 9.08 Å². The summed E-state index contributed by atoms with van der Waals surface area (Å²) in [5.74, 6) is 1.55. The lowest BCUT2D eigenvalue weighted by molar-refractivity contribution is 0.606. The van der Waals surface area contributed by atoms with Crippen molar-refractivity contribution in [3.63, 3.8) is 0 Å². The molecule has 8 aromatic carbocycles. The highest BCUT2D eigenvalue weighted by Gasteiger charge is 2.38. The summed E-state index contributed by atoms with van der Waals surface area (Å²) in [6, 6.07) is 60.4. The van der Waals surface area contributed by atoms with Gasteiger partial charge in [0.2, 0.25) is 0 Å². The minimum absolute atomic E-state index is 0.0348. The number of para-hydroxylation sites is 2. The number of fused-ring (bicyclic) bond motifs is 13. The molecule has 16 rings (SSSR count). The van der Waals surface area contributed by atoms with Crippen LogP contribution in [0.25, 0.3) is 87.4 Å². The normalized spacial score (nSPS) is 21.9. The maximum atomic E-state index is 6.85. The Kier molecular flexibility index (Phi) is 12.1. The standard InChI is InChI=1S/C75H58N2O3S2/c1-3-52-54(21-14-24-63(50-31-30-47-16-5-4-12-41-81-80-69(47)44-50)76-73(52)60-38-29-45(2)71-59-19-8-11-28-70(59)82-75(60)71)57-22-15-27-68-72(57)62-43-49(35-40-67(62)78-68)48-34-39-65-61(42-48)55-17-6-9-25-64(55)77(65)51-36-32-46(33-37-51)53-20-13-23-58-56-18-7-10-26-66(56)79-74(53)58/h4-13,15,17-20,22-23,25-28,30-45,55,63-64H,3,14,16,21,24,29H2,1-2H3/b5-4-,41-12-,54-52+,76-73+. The minimum Gasteiger partial charge on any atom is -0.456 e. The highest BCUT2D eigenvalue weighted by Crippen LogP contribution is 2.52. The van der Waals surface area contributed by atoms with Crippen molar-refractivity contribution in [1.82, 2.24) is 0 Å². The molecule has 4 unspecified atom stereocenters. The maximum absolute atomic E-state index is 6.85. The third-order valence-electron chi connectivity index (χ3n) is 17.9. The monoisotopic (exact) mass is 1100 g/mol. The molecule has 0 N–H and O–H groups in total. The van der Waals surface area contributed by atoms with E-state index in [0.29, 0.717) is 5.92 Å². The number of aliphatic imine (C=N–C) groups is 1. The zero-order chi connectivity index (χ0) is 54.4. The second-order valence-corrected chi connectivity index (χ2v) is 24.2. The second-order valence-electron chi connectivity index (χ2n) is 22.5. The molecule has 0 bridgehead atoms. The van der Waals surface area contributed by atoms with Gasteiger partial charge in [0.25, 0.3) is 0 Å². The molecule has 82 heavy (non-hydrogen) atoms. The van der Waals surface area contributed by atoms with E-state index in [0.717, 1.165) is 99.6 Å². The van der Waals surface area contributed by atoms with Gasteiger partial charge in [0.05, 0.1) is 29.8 Å². The van der Waals surface area contributed by atoms with Gasteiger partial charge in [0.15, 0.2) is 0 Å². The minimum atomic E-state index is -0.0348. The molecule has 7 heteroatoms. The molecule has 11 aromatic rings. The van der Waals surface area contributed by atoms with Gasteiger partial charge < -0.3 is 17.9 Å². The van der Waals surface area contributed by atoms with E-state index in [9.17, 15) is 0 Å². The van der Waals surface area contributed by atoms with E-state index in [1.807, 2.05) is 28.9 Å². The lowest BCUT2D eigenvalue weighted by Crippen LogP contribution is -2.28.